The van der Waals surface area contributed by atoms with Crippen molar-refractivity contribution in [3.63, 3.8) is 0 Å². The van der Waals surface area contributed by atoms with Crippen molar-refractivity contribution in [3.05, 3.63) is 0 Å². The molecule has 1 saturated carbocycles. The van der Waals surface area contributed by atoms with Crippen molar-refractivity contribution < 1.29 is 0 Å². The molecule has 0 spiro atoms. The molecule has 0 aromatic heterocycles. The molecule has 0 radical (unpaired) electrons. The molecule has 2 atom stereocenters. The van der Waals surface area contributed by atoms with Crippen LogP contribution < -0.4 is 5.32 Å². The average Bonchev–Trinajstić information content (AvgIpc) is 2.29. The molecule has 2 heteroatoms. The van der Waals surface area contributed by atoms with Crippen molar-refractivity contribution in [2.45, 2.75) is 70.9 Å². The van der Waals surface area contributed by atoms with Crippen LogP contribution in [-0.2, 0) is 0 Å². The van der Waals surface area contributed by atoms with E-state index in [2.05, 4.69) is 31.1 Å². The summed E-state index contributed by atoms with van der Waals surface area (Å²) in [6.45, 7) is 7.35. The van der Waals surface area contributed by atoms with Gasteiger partial charge in [0.15, 0.2) is 0 Å². The first-order valence-corrected chi connectivity index (χ1v) is 7.50. The minimum absolute atomic E-state index is 0.567. The lowest BCUT2D eigenvalue weighted by Gasteiger charge is -2.41. The Morgan fingerprint density at radius 1 is 1.18 bits per heavy atom. The molecular formula is C15H30N2. The highest BCUT2D eigenvalue weighted by Crippen LogP contribution is 2.37. The first-order valence-electron chi connectivity index (χ1n) is 7.50. The Bertz CT molecular complexity index is 231. The Morgan fingerprint density at radius 3 is 2.65 bits per heavy atom. The molecule has 2 rings (SSSR count). The third-order valence-electron chi connectivity index (χ3n) is 4.72. The predicted molar refractivity (Wildman–Crippen MR) is 74.3 cm³/mol. The van der Waals surface area contributed by atoms with E-state index in [0.717, 1.165) is 12.1 Å². The Hall–Kier alpha value is -0.0800. The van der Waals surface area contributed by atoms with E-state index in [1.165, 1.54) is 58.0 Å². The largest absolute Gasteiger partial charge is 0.313 e. The second kappa shape index (κ2) is 5.71. The molecule has 100 valence electrons. The van der Waals surface area contributed by atoms with E-state index in [-0.39, 0.29) is 0 Å². The lowest BCUT2D eigenvalue weighted by Crippen LogP contribution is -2.47. The minimum Gasteiger partial charge on any atom is -0.313 e. The van der Waals surface area contributed by atoms with Crippen LogP contribution in [-0.4, -0.2) is 37.1 Å². The number of piperidine rings is 1. The Labute approximate surface area is 107 Å². The molecule has 0 amide bonds. The van der Waals surface area contributed by atoms with Gasteiger partial charge in [0.2, 0.25) is 0 Å². The zero-order chi connectivity index (χ0) is 12.3. The fourth-order valence-corrected chi connectivity index (χ4v) is 3.61. The molecule has 0 aromatic rings. The summed E-state index contributed by atoms with van der Waals surface area (Å²) >= 11 is 0. The molecule has 2 aliphatic rings. The van der Waals surface area contributed by atoms with Gasteiger partial charge in [-0.15, -0.1) is 0 Å². The smallest absolute Gasteiger partial charge is 0.0195 e. The van der Waals surface area contributed by atoms with Crippen molar-refractivity contribution in [1.29, 1.82) is 0 Å². The lowest BCUT2D eigenvalue weighted by atomic mass is 9.74. The molecule has 0 bridgehead atoms. The van der Waals surface area contributed by atoms with Gasteiger partial charge in [0.1, 0.15) is 0 Å². The van der Waals surface area contributed by atoms with Gasteiger partial charge in [-0.2, -0.15) is 0 Å². The molecule has 2 fully saturated rings. The van der Waals surface area contributed by atoms with Gasteiger partial charge in [-0.3, -0.25) is 0 Å². The first kappa shape index (κ1) is 13.4. The molecule has 0 aromatic carbocycles. The maximum Gasteiger partial charge on any atom is 0.0195 e. The van der Waals surface area contributed by atoms with Crippen LogP contribution in [0, 0.1) is 5.41 Å². The van der Waals surface area contributed by atoms with Gasteiger partial charge in [-0.25, -0.2) is 0 Å². The van der Waals surface area contributed by atoms with E-state index < -0.39 is 0 Å². The average molecular weight is 238 g/mol. The van der Waals surface area contributed by atoms with Crippen LogP contribution in [0.2, 0.25) is 0 Å². The highest BCUT2D eigenvalue weighted by atomic mass is 15.2. The number of nitrogens with zero attached hydrogens (tertiary/aromatic N) is 1. The molecule has 1 aliphatic heterocycles. The van der Waals surface area contributed by atoms with E-state index in [4.69, 9.17) is 0 Å². The Morgan fingerprint density at radius 2 is 2.00 bits per heavy atom. The topological polar surface area (TPSA) is 15.3 Å². The number of rotatable bonds is 3. The molecule has 17 heavy (non-hydrogen) atoms. The monoisotopic (exact) mass is 238 g/mol. The van der Waals surface area contributed by atoms with E-state index in [9.17, 15) is 0 Å². The van der Waals surface area contributed by atoms with E-state index in [0.29, 0.717) is 5.41 Å². The molecule has 1 N–H and O–H groups in total. The van der Waals surface area contributed by atoms with Gasteiger partial charge < -0.3 is 10.2 Å². The number of hydrogen-bond donors (Lipinski definition) is 1. The van der Waals surface area contributed by atoms with Crippen molar-refractivity contribution in [3.8, 4) is 0 Å². The summed E-state index contributed by atoms with van der Waals surface area (Å²) in [7, 11) is 2.34. The van der Waals surface area contributed by atoms with Crippen LogP contribution >= 0.6 is 0 Å². The summed E-state index contributed by atoms with van der Waals surface area (Å²) < 4.78 is 0. The van der Waals surface area contributed by atoms with Gasteiger partial charge in [-0.05, 0) is 51.1 Å². The van der Waals surface area contributed by atoms with Crippen molar-refractivity contribution >= 4 is 0 Å². The third-order valence-corrected chi connectivity index (χ3v) is 4.72. The third kappa shape index (κ3) is 3.96. The van der Waals surface area contributed by atoms with Crippen LogP contribution in [0.1, 0.15) is 58.8 Å². The summed E-state index contributed by atoms with van der Waals surface area (Å²) in [6, 6.07) is 1.57. The summed E-state index contributed by atoms with van der Waals surface area (Å²) in [4.78, 5) is 2.63. The highest BCUT2D eigenvalue weighted by Gasteiger charge is 2.30. The van der Waals surface area contributed by atoms with E-state index >= 15 is 0 Å². The maximum atomic E-state index is 3.67. The lowest BCUT2D eigenvalue weighted by molar-refractivity contribution is 0.103. The number of likely N-dealkylation sites (N-methyl/N-ethyl adjacent to an activating group) is 1. The van der Waals surface area contributed by atoms with Crippen LogP contribution in [0.4, 0.5) is 0 Å². The van der Waals surface area contributed by atoms with Crippen molar-refractivity contribution in [2.75, 3.05) is 20.1 Å². The zero-order valence-corrected chi connectivity index (χ0v) is 12.0. The normalized spacial score (nSPS) is 33.9. The first-order chi connectivity index (χ1) is 8.07. The van der Waals surface area contributed by atoms with Crippen molar-refractivity contribution in [2.24, 2.45) is 5.41 Å². The van der Waals surface area contributed by atoms with Gasteiger partial charge in [0, 0.05) is 18.6 Å². The second-order valence-corrected chi connectivity index (χ2v) is 7.00. The molecule has 1 aliphatic carbocycles. The highest BCUT2D eigenvalue weighted by molar-refractivity contribution is 4.86. The SMILES string of the molecule is CN(CC1CCCCN1)C1CCCC(C)(C)C1. The fraction of sp³-hybridized carbons (Fsp3) is 1.00. The number of hydrogen-bond acceptors (Lipinski definition) is 2. The maximum absolute atomic E-state index is 3.67. The molecule has 1 saturated heterocycles. The van der Waals surface area contributed by atoms with Crippen LogP contribution in [0.5, 0.6) is 0 Å². The zero-order valence-electron chi connectivity index (χ0n) is 12.0. The van der Waals surface area contributed by atoms with Crippen LogP contribution in [0.15, 0.2) is 0 Å². The van der Waals surface area contributed by atoms with E-state index in [1.807, 2.05) is 0 Å². The van der Waals surface area contributed by atoms with Gasteiger partial charge in [0.05, 0.1) is 0 Å². The predicted octanol–water partition coefficient (Wildman–Crippen LogP) is 3.03. The van der Waals surface area contributed by atoms with Crippen molar-refractivity contribution in [1.82, 2.24) is 10.2 Å². The molecule has 1 heterocycles. The molecule has 2 nitrogen and oxygen atoms in total. The standard InChI is InChI=1S/C15H30N2/c1-15(2)9-6-8-14(11-15)17(3)12-13-7-4-5-10-16-13/h13-14,16H,4-12H2,1-3H3. The minimum atomic E-state index is 0.567. The number of nitrogens with one attached hydrogen (secondary N) is 1. The summed E-state index contributed by atoms with van der Waals surface area (Å²) in [6.07, 6.45) is 9.79. The quantitative estimate of drug-likeness (QED) is 0.813. The molecule has 2 unspecified atom stereocenters. The van der Waals surface area contributed by atoms with Crippen LogP contribution in [0.3, 0.4) is 0 Å². The van der Waals surface area contributed by atoms with Crippen LogP contribution in [0.25, 0.3) is 0 Å². The van der Waals surface area contributed by atoms with Gasteiger partial charge in [-0.1, -0.05) is 26.7 Å². The summed E-state index contributed by atoms with van der Waals surface area (Å²) in [5.74, 6) is 0. The second-order valence-electron chi connectivity index (χ2n) is 7.00. The van der Waals surface area contributed by atoms with Gasteiger partial charge in [0.25, 0.3) is 0 Å². The van der Waals surface area contributed by atoms with E-state index in [1.54, 1.807) is 0 Å². The molecular weight excluding hydrogens is 208 g/mol. The summed E-state index contributed by atoms with van der Waals surface area (Å²) in [5.41, 5.74) is 0.567. The Balaban J connectivity index is 1.80. The summed E-state index contributed by atoms with van der Waals surface area (Å²) in [5, 5.41) is 3.67. The van der Waals surface area contributed by atoms with Gasteiger partial charge >= 0.3 is 0 Å². The Kier molecular flexibility index (Phi) is 4.48. The fourth-order valence-electron chi connectivity index (χ4n) is 3.61.